The molecule has 0 saturated carbocycles. The van der Waals surface area contributed by atoms with Gasteiger partial charge in [-0.05, 0) is 19.9 Å². The monoisotopic (exact) mass is 388 g/mol. The third kappa shape index (κ3) is 4.57. The zero-order valence-electron chi connectivity index (χ0n) is 15.4. The predicted molar refractivity (Wildman–Crippen MR) is 98.7 cm³/mol. The highest BCUT2D eigenvalue weighted by molar-refractivity contribution is 5.50. The van der Waals surface area contributed by atoms with Crippen LogP contribution in [-0.4, -0.2) is 15.0 Å². The first-order valence-corrected chi connectivity index (χ1v) is 8.64. The van der Waals surface area contributed by atoms with Gasteiger partial charge in [-0.25, -0.2) is 23.1 Å². The van der Waals surface area contributed by atoms with Crippen molar-refractivity contribution in [3.8, 4) is 5.75 Å². The quantitative estimate of drug-likeness (QED) is 0.617. The van der Waals surface area contributed by atoms with E-state index in [4.69, 9.17) is 4.74 Å². The number of anilines is 1. The van der Waals surface area contributed by atoms with E-state index in [1.807, 2.05) is 6.07 Å². The number of nitrogens with one attached hydrogen (secondary N) is 1. The molecule has 3 rings (SSSR count). The van der Waals surface area contributed by atoms with Crippen molar-refractivity contribution in [1.29, 1.82) is 0 Å². The number of halogens is 3. The van der Waals surface area contributed by atoms with Gasteiger partial charge in [0.2, 0.25) is 0 Å². The van der Waals surface area contributed by atoms with Crippen LogP contribution in [0.5, 0.6) is 5.75 Å². The number of ether oxygens (including phenoxy) is 1. The molecule has 2 aromatic heterocycles. The third-order valence-electron chi connectivity index (χ3n) is 4.11. The second-order valence-electron chi connectivity index (χ2n) is 6.20. The maximum absolute atomic E-state index is 14.4. The van der Waals surface area contributed by atoms with Crippen molar-refractivity contribution in [2.45, 2.75) is 32.9 Å². The molecule has 0 saturated heterocycles. The van der Waals surface area contributed by atoms with Crippen LogP contribution in [0.4, 0.5) is 19.0 Å². The molecule has 0 bridgehead atoms. The molecule has 1 N–H and O–H groups in total. The molecular weight excluding hydrogens is 369 g/mol. The number of benzene rings is 1. The summed E-state index contributed by atoms with van der Waals surface area (Å²) in [6, 6.07) is 6.99. The second kappa shape index (κ2) is 8.69. The van der Waals surface area contributed by atoms with Crippen LogP contribution in [0, 0.1) is 12.7 Å². The predicted octanol–water partition coefficient (Wildman–Crippen LogP) is 5.01. The molecule has 0 fully saturated rings. The standard InChI is InChI=1S/C20H19F3N4O/c1-12(15-6-3-7-16(18(15)21)19(22)23)26-20-17(10-25-13(2)27-20)28-11-14-5-4-8-24-9-14/h3-10,12,19H,11H2,1-2H3,(H,25,26,27)/t12-/m1/s1. The number of aryl methyl sites for hydroxylation is 1. The van der Waals surface area contributed by atoms with Crippen LogP contribution in [-0.2, 0) is 6.61 Å². The molecule has 0 unspecified atom stereocenters. The number of alkyl halides is 2. The van der Waals surface area contributed by atoms with Crippen LogP contribution in [0.3, 0.4) is 0 Å². The Bertz CT molecular complexity index is 938. The van der Waals surface area contributed by atoms with E-state index in [1.54, 1.807) is 32.3 Å². The number of hydrogen-bond acceptors (Lipinski definition) is 5. The highest BCUT2D eigenvalue weighted by Gasteiger charge is 2.20. The van der Waals surface area contributed by atoms with Crippen molar-refractivity contribution in [3.63, 3.8) is 0 Å². The van der Waals surface area contributed by atoms with Crippen molar-refractivity contribution in [2.75, 3.05) is 5.32 Å². The fraction of sp³-hybridized carbons (Fsp3) is 0.250. The Morgan fingerprint density at radius 2 is 1.89 bits per heavy atom. The van der Waals surface area contributed by atoms with E-state index in [0.717, 1.165) is 11.6 Å². The molecule has 8 heteroatoms. The van der Waals surface area contributed by atoms with Crippen molar-refractivity contribution >= 4 is 5.82 Å². The van der Waals surface area contributed by atoms with Gasteiger partial charge in [-0.1, -0.05) is 24.3 Å². The minimum atomic E-state index is -2.88. The van der Waals surface area contributed by atoms with Crippen LogP contribution in [0.2, 0.25) is 0 Å². The first-order valence-electron chi connectivity index (χ1n) is 8.64. The van der Waals surface area contributed by atoms with Gasteiger partial charge in [0.1, 0.15) is 18.2 Å². The van der Waals surface area contributed by atoms with Gasteiger partial charge in [-0.2, -0.15) is 0 Å². The second-order valence-corrected chi connectivity index (χ2v) is 6.20. The first kappa shape index (κ1) is 19.6. The maximum atomic E-state index is 14.4. The zero-order chi connectivity index (χ0) is 20.1. The number of hydrogen-bond donors (Lipinski definition) is 1. The lowest BCUT2D eigenvalue weighted by Gasteiger charge is -2.19. The van der Waals surface area contributed by atoms with Crippen LogP contribution in [0.1, 0.15) is 41.9 Å². The Morgan fingerprint density at radius 3 is 2.61 bits per heavy atom. The minimum absolute atomic E-state index is 0.118. The largest absolute Gasteiger partial charge is 0.483 e. The van der Waals surface area contributed by atoms with Gasteiger partial charge in [-0.15, -0.1) is 0 Å². The Balaban J connectivity index is 1.81. The first-order chi connectivity index (χ1) is 13.5. The Hall–Kier alpha value is -3.16. The molecule has 5 nitrogen and oxygen atoms in total. The molecule has 0 spiro atoms. The van der Waals surface area contributed by atoms with Gasteiger partial charge in [0.25, 0.3) is 6.43 Å². The van der Waals surface area contributed by atoms with Crippen LogP contribution < -0.4 is 10.1 Å². The number of nitrogens with zero attached hydrogens (tertiary/aromatic N) is 3. The van der Waals surface area contributed by atoms with Gasteiger partial charge in [-0.3, -0.25) is 4.98 Å². The summed E-state index contributed by atoms with van der Waals surface area (Å²) in [6.45, 7) is 3.62. The van der Waals surface area contributed by atoms with Gasteiger partial charge in [0.15, 0.2) is 11.6 Å². The third-order valence-corrected chi connectivity index (χ3v) is 4.11. The van der Waals surface area contributed by atoms with Gasteiger partial charge in [0, 0.05) is 23.5 Å². The Kier molecular flexibility index (Phi) is 6.08. The molecule has 0 aliphatic carbocycles. The average Bonchev–Trinajstić information content (AvgIpc) is 2.68. The van der Waals surface area contributed by atoms with Gasteiger partial charge < -0.3 is 10.1 Å². The summed E-state index contributed by atoms with van der Waals surface area (Å²) >= 11 is 0. The fourth-order valence-electron chi connectivity index (χ4n) is 2.67. The van der Waals surface area contributed by atoms with E-state index in [9.17, 15) is 13.2 Å². The molecule has 0 aliphatic rings. The molecule has 1 aromatic carbocycles. The highest BCUT2D eigenvalue weighted by Crippen LogP contribution is 2.31. The number of pyridine rings is 1. The van der Waals surface area contributed by atoms with E-state index >= 15 is 0 Å². The van der Waals surface area contributed by atoms with Crippen molar-refractivity contribution in [3.05, 3.63) is 77.3 Å². The SMILES string of the molecule is Cc1ncc(OCc2cccnc2)c(N[C@H](C)c2cccc(C(F)F)c2F)n1. The molecule has 0 radical (unpaired) electrons. The summed E-state index contributed by atoms with van der Waals surface area (Å²) in [4.78, 5) is 12.5. The molecule has 0 amide bonds. The normalized spacial score (nSPS) is 12.1. The number of aromatic nitrogens is 3. The van der Waals surface area contributed by atoms with E-state index in [2.05, 4.69) is 20.3 Å². The average molecular weight is 388 g/mol. The van der Waals surface area contributed by atoms with Crippen molar-refractivity contribution < 1.29 is 17.9 Å². The van der Waals surface area contributed by atoms with E-state index in [0.29, 0.717) is 17.4 Å². The molecule has 1 atom stereocenters. The summed E-state index contributed by atoms with van der Waals surface area (Å²) < 4.78 is 46.1. The summed E-state index contributed by atoms with van der Waals surface area (Å²) in [7, 11) is 0. The van der Waals surface area contributed by atoms with E-state index in [-0.39, 0.29) is 12.2 Å². The van der Waals surface area contributed by atoms with Gasteiger partial charge in [0.05, 0.1) is 17.8 Å². The molecule has 2 heterocycles. The van der Waals surface area contributed by atoms with E-state index < -0.39 is 23.8 Å². The lowest BCUT2D eigenvalue weighted by atomic mass is 10.0. The lowest BCUT2D eigenvalue weighted by molar-refractivity contribution is 0.146. The highest BCUT2D eigenvalue weighted by atomic mass is 19.3. The molecule has 146 valence electrons. The fourth-order valence-corrected chi connectivity index (χ4v) is 2.67. The van der Waals surface area contributed by atoms with Crippen LogP contribution in [0.25, 0.3) is 0 Å². The Morgan fingerprint density at radius 1 is 1.11 bits per heavy atom. The van der Waals surface area contributed by atoms with Crippen molar-refractivity contribution in [2.24, 2.45) is 0 Å². The topological polar surface area (TPSA) is 59.9 Å². The number of rotatable bonds is 7. The van der Waals surface area contributed by atoms with Gasteiger partial charge >= 0.3 is 0 Å². The zero-order valence-corrected chi connectivity index (χ0v) is 15.4. The van der Waals surface area contributed by atoms with Crippen molar-refractivity contribution in [1.82, 2.24) is 15.0 Å². The molecule has 28 heavy (non-hydrogen) atoms. The van der Waals surface area contributed by atoms with Crippen LogP contribution >= 0.6 is 0 Å². The minimum Gasteiger partial charge on any atom is -0.483 e. The maximum Gasteiger partial charge on any atom is 0.266 e. The van der Waals surface area contributed by atoms with Crippen LogP contribution in [0.15, 0.2) is 48.9 Å². The molecule has 3 aromatic rings. The Labute approximate surface area is 160 Å². The van der Waals surface area contributed by atoms with E-state index in [1.165, 1.54) is 18.3 Å². The molecular formula is C20H19F3N4O. The smallest absolute Gasteiger partial charge is 0.266 e. The summed E-state index contributed by atoms with van der Waals surface area (Å²) in [5.74, 6) is 0.281. The lowest BCUT2D eigenvalue weighted by Crippen LogP contribution is -2.13. The molecule has 0 aliphatic heterocycles. The summed E-state index contributed by atoms with van der Waals surface area (Å²) in [5, 5.41) is 3.03. The summed E-state index contributed by atoms with van der Waals surface area (Å²) in [5.41, 5.74) is 0.350. The summed E-state index contributed by atoms with van der Waals surface area (Å²) in [6.07, 6.45) is 1.97.